The summed E-state index contributed by atoms with van der Waals surface area (Å²) in [6.45, 7) is 5.32. The van der Waals surface area contributed by atoms with E-state index in [2.05, 4.69) is 19.2 Å². The average Bonchev–Trinajstić information content (AvgIpc) is 3.20. The standard InChI is InChI=1S/C15H23NO2/c1-15(2,12-8-9-12)16-10-13(17)11-18-14-6-4-3-5-7-14/h3-7,12-13,16-17H,8-11H2,1-2H3. The van der Waals surface area contributed by atoms with Crippen molar-refractivity contribution in [2.45, 2.75) is 38.3 Å². The Kier molecular flexibility index (Phi) is 4.25. The summed E-state index contributed by atoms with van der Waals surface area (Å²) in [5.41, 5.74) is 0.133. The highest BCUT2D eigenvalue weighted by molar-refractivity contribution is 5.20. The van der Waals surface area contributed by atoms with Gasteiger partial charge in [-0.05, 0) is 44.7 Å². The summed E-state index contributed by atoms with van der Waals surface area (Å²) in [6.07, 6.45) is 2.14. The first-order valence-electron chi connectivity index (χ1n) is 6.69. The topological polar surface area (TPSA) is 41.5 Å². The van der Waals surface area contributed by atoms with Gasteiger partial charge in [-0.25, -0.2) is 0 Å². The third-order valence-corrected chi connectivity index (χ3v) is 3.58. The second kappa shape index (κ2) is 5.72. The minimum atomic E-state index is -0.469. The first-order valence-corrected chi connectivity index (χ1v) is 6.69. The van der Waals surface area contributed by atoms with Crippen LogP contribution in [0.2, 0.25) is 0 Å². The second-order valence-electron chi connectivity index (χ2n) is 5.65. The van der Waals surface area contributed by atoms with Gasteiger partial charge in [0.25, 0.3) is 0 Å². The lowest BCUT2D eigenvalue weighted by molar-refractivity contribution is 0.0971. The van der Waals surface area contributed by atoms with E-state index < -0.39 is 6.10 Å². The monoisotopic (exact) mass is 249 g/mol. The number of rotatable bonds is 7. The Morgan fingerprint density at radius 1 is 1.33 bits per heavy atom. The summed E-state index contributed by atoms with van der Waals surface area (Å²) in [7, 11) is 0. The summed E-state index contributed by atoms with van der Waals surface area (Å²) in [5.74, 6) is 1.57. The number of benzene rings is 1. The fourth-order valence-electron chi connectivity index (χ4n) is 2.10. The lowest BCUT2D eigenvalue weighted by atomic mass is 9.98. The van der Waals surface area contributed by atoms with Gasteiger partial charge in [0.2, 0.25) is 0 Å². The van der Waals surface area contributed by atoms with Gasteiger partial charge in [0, 0.05) is 12.1 Å². The van der Waals surface area contributed by atoms with Crippen molar-refractivity contribution in [3.8, 4) is 5.75 Å². The Morgan fingerprint density at radius 2 is 2.00 bits per heavy atom. The molecule has 1 aromatic carbocycles. The van der Waals surface area contributed by atoms with Crippen molar-refractivity contribution < 1.29 is 9.84 Å². The molecule has 3 nitrogen and oxygen atoms in total. The molecule has 0 bridgehead atoms. The number of aliphatic hydroxyl groups is 1. The zero-order valence-electron chi connectivity index (χ0n) is 11.2. The minimum absolute atomic E-state index is 0.133. The Morgan fingerprint density at radius 3 is 2.61 bits per heavy atom. The quantitative estimate of drug-likeness (QED) is 0.778. The van der Waals surface area contributed by atoms with Gasteiger partial charge < -0.3 is 15.2 Å². The van der Waals surface area contributed by atoms with Crippen LogP contribution in [0.5, 0.6) is 5.75 Å². The normalized spacial score (nSPS) is 17.5. The molecule has 0 aliphatic heterocycles. The Balaban J connectivity index is 1.67. The van der Waals surface area contributed by atoms with E-state index in [1.807, 2.05) is 30.3 Å². The molecule has 1 aliphatic rings. The Hall–Kier alpha value is -1.06. The number of aliphatic hydroxyl groups excluding tert-OH is 1. The lowest BCUT2D eigenvalue weighted by Crippen LogP contribution is -2.46. The summed E-state index contributed by atoms with van der Waals surface area (Å²) < 4.78 is 5.52. The number of hydrogen-bond acceptors (Lipinski definition) is 3. The van der Waals surface area contributed by atoms with Crippen LogP contribution in [0.4, 0.5) is 0 Å². The molecular formula is C15H23NO2. The van der Waals surface area contributed by atoms with Crippen molar-refractivity contribution in [1.29, 1.82) is 0 Å². The molecule has 1 atom stereocenters. The maximum atomic E-state index is 9.89. The van der Waals surface area contributed by atoms with E-state index in [1.165, 1.54) is 12.8 Å². The van der Waals surface area contributed by atoms with Crippen LogP contribution in [0.15, 0.2) is 30.3 Å². The van der Waals surface area contributed by atoms with Gasteiger partial charge in [0.1, 0.15) is 18.5 Å². The summed E-state index contributed by atoms with van der Waals surface area (Å²) in [5, 5.41) is 13.3. The SMILES string of the molecule is CC(C)(NCC(O)COc1ccccc1)C1CC1. The van der Waals surface area contributed by atoms with Crippen LogP contribution in [0.1, 0.15) is 26.7 Å². The number of nitrogens with one attached hydrogen (secondary N) is 1. The number of hydrogen-bond donors (Lipinski definition) is 2. The van der Waals surface area contributed by atoms with Crippen LogP contribution in [-0.2, 0) is 0 Å². The van der Waals surface area contributed by atoms with Crippen LogP contribution >= 0.6 is 0 Å². The highest BCUT2D eigenvalue weighted by atomic mass is 16.5. The van der Waals surface area contributed by atoms with Crippen molar-refractivity contribution >= 4 is 0 Å². The van der Waals surface area contributed by atoms with E-state index in [0.717, 1.165) is 11.7 Å². The van der Waals surface area contributed by atoms with Gasteiger partial charge in [-0.1, -0.05) is 18.2 Å². The molecule has 1 aromatic rings. The molecule has 2 N–H and O–H groups in total. The van der Waals surface area contributed by atoms with Crippen molar-refractivity contribution in [1.82, 2.24) is 5.32 Å². The van der Waals surface area contributed by atoms with Gasteiger partial charge in [-0.2, -0.15) is 0 Å². The average molecular weight is 249 g/mol. The lowest BCUT2D eigenvalue weighted by Gasteiger charge is -2.27. The summed E-state index contributed by atoms with van der Waals surface area (Å²) in [6, 6.07) is 9.60. The smallest absolute Gasteiger partial charge is 0.119 e. The predicted molar refractivity (Wildman–Crippen MR) is 72.7 cm³/mol. The predicted octanol–water partition coefficient (Wildman–Crippen LogP) is 2.20. The van der Waals surface area contributed by atoms with Crippen LogP contribution in [0, 0.1) is 5.92 Å². The molecule has 1 saturated carbocycles. The second-order valence-corrected chi connectivity index (χ2v) is 5.65. The number of ether oxygens (including phenoxy) is 1. The molecule has 18 heavy (non-hydrogen) atoms. The molecule has 0 saturated heterocycles. The van der Waals surface area contributed by atoms with E-state index in [1.54, 1.807) is 0 Å². The van der Waals surface area contributed by atoms with Gasteiger partial charge in [-0.15, -0.1) is 0 Å². The van der Waals surface area contributed by atoms with E-state index in [9.17, 15) is 5.11 Å². The molecule has 2 rings (SSSR count). The molecular weight excluding hydrogens is 226 g/mol. The van der Waals surface area contributed by atoms with Crippen LogP contribution in [-0.4, -0.2) is 29.9 Å². The third-order valence-electron chi connectivity index (χ3n) is 3.58. The van der Waals surface area contributed by atoms with Crippen molar-refractivity contribution in [2.24, 2.45) is 5.92 Å². The number of para-hydroxylation sites is 1. The van der Waals surface area contributed by atoms with E-state index >= 15 is 0 Å². The maximum Gasteiger partial charge on any atom is 0.119 e. The molecule has 1 aliphatic carbocycles. The van der Waals surface area contributed by atoms with Gasteiger partial charge in [-0.3, -0.25) is 0 Å². The molecule has 0 amide bonds. The first-order chi connectivity index (χ1) is 8.58. The van der Waals surface area contributed by atoms with Crippen molar-refractivity contribution in [3.63, 3.8) is 0 Å². The molecule has 1 fully saturated rings. The summed E-state index contributed by atoms with van der Waals surface area (Å²) >= 11 is 0. The fraction of sp³-hybridized carbons (Fsp3) is 0.600. The van der Waals surface area contributed by atoms with Crippen LogP contribution in [0.25, 0.3) is 0 Å². The van der Waals surface area contributed by atoms with Gasteiger partial charge >= 0.3 is 0 Å². The van der Waals surface area contributed by atoms with Crippen LogP contribution < -0.4 is 10.1 Å². The maximum absolute atomic E-state index is 9.89. The van der Waals surface area contributed by atoms with Crippen molar-refractivity contribution in [3.05, 3.63) is 30.3 Å². The molecule has 0 heterocycles. The van der Waals surface area contributed by atoms with Gasteiger partial charge in [0.15, 0.2) is 0 Å². The molecule has 0 spiro atoms. The van der Waals surface area contributed by atoms with Gasteiger partial charge in [0.05, 0.1) is 0 Å². The zero-order valence-corrected chi connectivity index (χ0v) is 11.2. The summed E-state index contributed by atoms with van der Waals surface area (Å²) in [4.78, 5) is 0. The zero-order chi connectivity index (χ0) is 13.0. The molecule has 0 radical (unpaired) electrons. The molecule has 1 unspecified atom stereocenters. The molecule has 0 aromatic heterocycles. The van der Waals surface area contributed by atoms with E-state index in [0.29, 0.717) is 13.2 Å². The molecule has 3 heteroatoms. The number of β-amino-alcohol motifs (C(OH)–C–C–N with tert-alkyl or cyclic N) is 1. The molecule has 100 valence electrons. The Labute approximate surface area is 109 Å². The minimum Gasteiger partial charge on any atom is -0.491 e. The largest absolute Gasteiger partial charge is 0.491 e. The highest BCUT2D eigenvalue weighted by Gasteiger charge is 2.37. The van der Waals surface area contributed by atoms with Crippen LogP contribution in [0.3, 0.4) is 0 Å². The first kappa shape index (κ1) is 13.4. The van der Waals surface area contributed by atoms with Crippen molar-refractivity contribution in [2.75, 3.05) is 13.2 Å². The van der Waals surface area contributed by atoms with E-state index in [-0.39, 0.29) is 5.54 Å². The highest BCUT2D eigenvalue weighted by Crippen LogP contribution is 2.39. The third kappa shape index (κ3) is 4.00. The fourth-order valence-corrected chi connectivity index (χ4v) is 2.10. The van der Waals surface area contributed by atoms with E-state index in [4.69, 9.17) is 4.74 Å². The Bertz CT molecular complexity index is 360.